The Morgan fingerprint density at radius 1 is 1.11 bits per heavy atom. The van der Waals surface area contributed by atoms with Crippen molar-refractivity contribution in [3.63, 3.8) is 0 Å². The van der Waals surface area contributed by atoms with Crippen molar-refractivity contribution in [2.45, 2.75) is 33.3 Å². The molecule has 0 aliphatic heterocycles. The van der Waals surface area contributed by atoms with E-state index in [0.29, 0.717) is 17.9 Å². The van der Waals surface area contributed by atoms with Gasteiger partial charge in [-0.1, -0.05) is 25.1 Å². The van der Waals surface area contributed by atoms with Gasteiger partial charge in [-0.25, -0.2) is 8.42 Å². The predicted octanol–water partition coefficient (Wildman–Crippen LogP) is 3.50. The second-order valence-electron chi connectivity index (χ2n) is 6.50. The smallest absolute Gasteiger partial charge is 0.265 e. The van der Waals surface area contributed by atoms with Gasteiger partial charge in [-0.15, -0.1) is 0 Å². The first kappa shape index (κ1) is 20.8. The van der Waals surface area contributed by atoms with Gasteiger partial charge >= 0.3 is 0 Å². The van der Waals surface area contributed by atoms with Crippen molar-refractivity contribution in [3.8, 4) is 5.75 Å². The van der Waals surface area contributed by atoms with Gasteiger partial charge in [0, 0.05) is 12.7 Å². The van der Waals surface area contributed by atoms with Crippen LogP contribution in [-0.2, 0) is 14.8 Å². The SMILES string of the molecule is CC[C@@H](Oc1ccc(N(C)S(C)(=O)=O)cc1)C(=O)Nc1c(C)cccc1C. The van der Waals surface area contributed by atoms with Gasteiger partial charge < -0.3 is 10.1 Å². The Morgan fingerprint density at radius 3 is 2.15 bits per heavy atom. The number of amides is 1. The number of nitrogens with one attached hydrogen (secondary N) is 1. The molecule has 0 aliphatic rings. The fraction of sp³-hybridized carbons (Fsp3) is 0.350. The zero-order valence-electron chi connectivity index (χ0n) is 16.3. The number of nitrogens with zero attached hydrogens (tertiary/aromatic N) is 1. The summed E-state index contributed by atoms with van der Waals surface area (Å²) in [6, 6.07) is 12.4. The first-order valence-electron chi connectivity index (χ1n) is 8.71. The first-order valence-corrected chi connectivity index (χ1v) is 10.6. The van der Waals surface area contributed by atoms with Gasteiger partial charge in [0.15, 0.2) is 6.10 Å². The molecule has 0 aromatic heterocycles. The number of carbonyl (C=O) groups excluding carboxylic acids is 1. The average Bonchev–Trinajstić information content (AvgIpc) is 2.61. The highest BCUT2D eigenvalue weighted by molar-refractivity contribution is 7.92. The third kappa shape index (κ3) is 5.23. The van der Waals surface area contributed by atoms with Gasteiger partial charge in [0.05, 0.1) is 11.9 Å². The number of para-hydroxylation sites is 1. The number of benzene rings is 2. The number of sulfonamides is 1. The quantitative estimate of drug-likeness (QED) is 0.785. The van der Waals surface area contributed by atoms with E-state index in [4.69, 9.17) is 4.74 Å². The maximum absolute atomic E-state index is 12.6. The maximum Gasteiger partial charge on any atom is 0.265 e. The minimum absolute atomic E-state index is 0.216. The lowest BCUT2D eigenvalue weighted by atomic mass is 10.1. The summed E-state index contributed by atoms with van der Waals surface area (Å²) < 4.78 is 30.2. The van der Waals surface area contributed by atoms with Crippen LogP contribution in [-0.4, -0.2) is 33.7 Å². The summed E-state index contributed by atoms with van der Waals surface area (Å²) in [5.74, 6) is 0.288. The lowest BCUT2D eigenvalue weighted by molar-refractivity contribution is -0.122. The van der Waals surface area contributed by atoms with E-state index < -0.39 is 16.1 Å². The lowest BCUT2D eigenvalue weighted by Crippen LogP contribution is -2.32. The average molecular weight is 391 g/mol. The van der Waals surface area contributed by atoms with Gasteiger partial charge in [-0.3, -0.25) is 9.10 Å². The van der Waals surface area contributed by atoms with Crippen molar-refractivity contribution in [3.05, 3.63) is 53.6 Å². The molecule has 2 aromatic rings. The summed E-state index contributed by atoms with van der Waals surface area (Å²) in [7, 11) is -1.84. The summed E-state index contributed by atoms with van der Waals surface area (Å²) in [6.45, 7) is 5.77. The van der Waals surface area contributed by atoms with Crippen LogP contribution in [0.25, 0.3) is 0 Å². The van der Waals surface area contributed by atoms with Crippen LogP contribution in [0.15, 0.2) is 42.5 Å². The molecular weight excluding hydrogens is 364 g/mol. The monoisotopic (exact) mass is 390 g/mol. The summed E-state index contributed by atoms with van der Waals surface area (Å²) >= 11 is 0. The molecule has 1 amide bonds. The van der Waals surface area contributed by atoms with Crippen LogP contribution >= 0.6 is 0 Å². The van der Waals surface area contributed by atoms with E-state index in [1.165, 1.54) is 11.4 Å². The van der Waals surface area contributed by atoms with Crippen LogP contribution in [0.1, 0.15) is 24.5 Å². The van der Waals surface area contributed by atoms with Crippen molar-refractivity contribution in [2.75, 3.05) is 22.9 Å². The van der Waals surface area contributed by atoms with Crippen LogP contribution in [0.3, 0.4) is 0 Å². The van der Waals surface area contributed by atoms with Crippen molar-refractivity contribution >= 4 is 27.3 Å². The molecule has 1 atom stereocenters. The molecule has 0 spiro atoms. The van der Waals surface area contributed by atoms with E-state index in [0.717, 1.165) is 23.1 Å². The van der Waals surface area contributed by atoms with Crippen molar-refractivity contribution in [2.24, 2.45) is 0 Å². The van der Waals surface area contributed by atoms with Crippen LogP contribution in [0, 0.1) is 13.8 Å². The minimum Gasteiger partial charge on any atom is -0.481 e. The lowest BCUT2D eigenvalue weighted by Gasteiger charge is -2.20. The molecule has 0 fully saturated rings. The molecule has 7 heteroatoms. The second-order valence-corrected chi connectivity index (χ2v) is 8.51. The highest BCUT2D eigenvalue weighted by Gasteiger charge is 2.20. The molecule has 0 saturated heterocycles. The molecule has 0 unspecified atom stereocenters. The van der Waals surface area contributed by atoms with Crippen LogP contribution in [0.5, 0.6) is 5.75 Å². The summed E-state index contributed by atoms with van der Waals surface area (Å²) in [4.78, 5) is 12.6. The number of ether oxygens (including phenoxy) is 1. The summed E-state index contributed by atoms with van der Waals surface area (Å²) in [5.41, 5.74) is 3.31. The van der Waals surface area contributed by atoms with Gasteiger partial charge in [-0.2, -0.15) is 0 Å². The standard InChI is InChI=1S/C20H26N2O4S/c1-6-18(20(23)21-19-14(2)8-7-9-15(19)3)26-17-12-10-16(11-13-17)22(4)27(5,24)25/h7-13,18H,6H2,1-5H3,(H,21,23)/t18-/m1/s1. The molecule has 0 saturated carbocycles. The molecule has 27 heavy (non-hydrogen) atoms. The van der Waals surface area contributed by atoms with Crippen molar-refractivity contribution < 1.29 is 17.9 Å². The minimum atomic E-state index is -3.32. The molecular formula is C20H26N2O4S. The van der Waals surface area contributed by atoms with E-state index in [1.807, 2.05) is 39.0 Å². The van der Waals surface area contributed by atoms with Crippen LogP contribution < -0.4 is 14.4 Å². The molecule has 0 heterocycles. The number of hydrogen-bond acceptors (Lipinski definition) is 4. The van der Waals surface area contributed by atoms with Gasteiger partial charge in [0.25, 0.3) is 5.91 Å². The molecule has 146 valence electrons. The van der Waals surface area contributed by atoms with E-state index in [-0.39, 0.29) is 5.91 Å². The van der Waals surface area contributed by atoms with Crippen LogP contribution in [0.2, 0.25) is 0 Å². The van der Waals surface area contributed by atoms with Crippen molar-refractivity contribution in [1.82, 2.24) is 0 Å². The van der Waals surface area contributed by atoms with Crippen LogP contribution in [0.4, 0.5) is 11.4 Å². The molecule has 6 nitrogen and oxygen atoms in total. The maximum atomic E-state index is 12.6. The third-order valence-electron chi connectivity index (χ3n) is 4.37. The molecule has 2 aromatic carbocycles. The first-order chi connectivity index (χ1) is 12.6. The Hall–Kier alpha value is -2.54. The summed E-state index contributed by atoms with van der Waals surface area (Å²) in [5, 5.41) is 2.95. The second kappa shape index (κ2) is 8.43. The molecule has 0 radical (unpaired) electrons. The Morgan fingerprint density at radius 2 is 1.67 bits per heavy atom. The topological polar surface area (TPSA) is 75.7 Å². The number of rotatable bonds is 7. The normalized spacial score (nSPS) is 12.3. The number of aryl methyl sites for hydroxylation is 2. The van der Waals surface area contributed by atoms with E-state index >= 15 is 0 Å². The number of anilines is 2. The van der Waals surface area contributed by atoms with Gasteiger partial charge in [-0.05, 0) is 55.7 Å². The van der Waals surface area contributed by atoms with E-state index in [2.05, 4.69) is 5.32 Å². The number of carbonyl (C=O) groups is 1. The largest absolute Gasteiger partial charge is 0.481 e. The Balaban J connectivity index is 2.11. The molecule has 2 rings (SSSR count). The molecule has 0 aliphatic carbocycles. The highest BCUT2D eigenvalue weighted by atomic mass is 32.2. The Bertz CT molecular complexity index is 888. The molecule has 1 N–H and O–H groups in total. The van der Waals surface area contributed by atoms with E-state index in [9.17, 15) is 13.2 Å². The highest BCUT2D eigenvalue weighted by Crippen LogP contribution is 2.23. The van der Waals surface area contributed by atoms with E-state index in [1.54, 1.807) is 24.3 Å². The predicted molar refractivity (Wildman–Crippen MR) is 109 cm³/mol. The number of hydrogen-bond donors (Lipinski definition) is 1. The zero-order chi connectivity index (χ0) is 20.2. The summed E-state index contributed by atoms with van der Waals surface area (Å²) in [6.07, 6.45) is 0.993. The van der Waals surface area contributed by atoms with Gasteiger partial charge in [0.2, 0.25) is 10.0 Å². The van der Waals surface area contributed by atoms with Gasteiger partial charge in [0.1, 0.15) is 5.75 Å². The fourth-order valence-corrected chi connectivity index (χ4v) is 3.13. The fourth-order valence-electron chi connectivity index (χ4n) is 2.63. The third-order valence-corrected chi connectivity index (χ3v) is 5.57. The Kier molecular flexibility index (Phi) is 6.49. The molecule has 0 bridgehead atoms. The Labute approximate surface area is 161 Å². The zero-order valence-corrected chi connectivity index (χ0v) is 17.1. The van der Waals surface area contributed by atoms with Crippen molar-refractivity contribution in [1.29, 1.82) is 0 Å².